The van der Waals surface area contributed by atoms with Crippen LogP contribution in [-0.2, 0) is 0 Å². The van der Waals surface area contributed by atoms with Gasteiger partial charge in [0, 0.05) is 23.9 Å². The van der Waals surface area contributed by atoms with Crippen LogP contribution in [0.4, 0.5) is 15.9 Å². The molecule has 0 aliphatic carbocycles. The van der Waals surface area contributed by atoms with E-state index in [4.69, 9.17) is 27.9 Å². The first-order chi connectivity index (χ1) is 13.6. The molecule has 3 aromatic rings. The number of benzene rings is 2. The van der Waals surface area contributed by atoms with Crippen molar-refractivity contribution in [2.24, 2.45) is 0 Å². The van der Waals surface area contributed by atoms with Crippen molar-refractivity contribution in [2.75, 3.05) is 25.5 Å². The quantitative estimate of drug-likeness (QED) is 0.561. The molecule has 1 aromatic heterocycles. The summed E-state index contributed by atoms with van der Waals surface area (Å²) in [5.41, 5.74) is 2.00. The van der Waals surface area contributed by atoms with Crippen LogP contribution in [0.2, 0.25) is 10.0 Å². The summed E-state index contributed by atoms with van der Waals surface area (Å²) < 4.78 is 20.1. The fraction of sp³-hybridized carbons (Fsp3) is 0.300. The monoisotopic (exact) mass is 420 g/mol. The van der Waals surface area contributed by atoms with Gasteiger partial charge in [0.2, 0.25) is 0 Å². The molecule has 0 radical (unpaired) electrons. The van der Waals surface area contributed by atoms with Crippen molar-refractivity contribution in [2.45, 2.75) is 18.8 Å². The van der Waals surface area contributed by atoms with Gasteiger partial charge in [-0.05, 0) is 43.1 Å². The second-order valence-corrected chi connectivity index (χ2v) is 7.51. The molecule has 2 heterocycles. The lowest BCUT2D eigenvalue weighted by Crippen LogP contribution is -2.28. The molecule has 28 heavy (non-hydrogen) atoms. The molecular formula is C20H19Cl2FN4O. The van der Waals surface area contributed by atoms with Crippen LogP contribution in [0.5, 0.6) is 5.75 Å². The van der Waals surface area contributed by atoms with Gasteiger partial charge in [-0.1, -0.05) is 23.2 Å². The fourth-order valence-electron chi connectivity index (χ4n) is 3.56. The van der Waals surface area contributed by atoms with Crippen molar-refractivity contribution in [3.63, 3.8) is 0 Å². The number of hydrogen-bond acceptors (Lipinski definition) is 5. The summed E-state index contributed by atoms with van der Waals surface area (Å²) in [6.07, 6.45) is 3.62. The Morgan fingerprint density at radius 1 is 1.25 bits per heavy atom. The van der Waals surface area contributed by atoms with E-state index in [0.717, 1.165) is 42.6 Å². The Labute approximate surface area is 172 Å². The number of piperidine rings is 1. The van der Waals surface area contributed by atoms with E-state index in [0.29, 0.717) is 17.3 Å². The highest BCUT2D eigenvalue weighted by Gasteiger charge is 2.21. The Balaban J connectivity index is 1.80. The molecule has 0 saturated carbocycles. The molecule has 1 saturated heterocycles. The molecule has 0 amide bonds. The maximum Gasteiger partial charge on any atom is 0.166 e. The Bertz CT molecular complexity index is 1020. The summed E-state index contributed by atoms with van der Waals surface area (Å²) in [5.74, 6) is 1.01. The van der Waals surface area contributed by atoms with E-state index in [-0.39, 0.29) is 15.7 Å². The zero-order valence-electron chi connectivity index (χ0n) is 15.2. The van der Waals surface area contributed by atoms with Crippen LogP contribution >= 0.6 is 23.2 Å². The third-order valence-electron chi connectivity index (χ3n) is 5.01. The molecule has 5 nitrogen and oxygen atoms in total. The zero-order valence-corrected chi connectivity index (χ0v) is 16.7. The number of nitrogens with one attached hydrogen (secondary N) is 2. The Kier molecular flexibility index (Phi) is 5.53. The van der Waals surface area contributed by atoms with Crippen molar-refractivity contribution < 1.29 is 9.13 Å². The molecule has 2 aromatic carbocycles. The topological polar surface area (TPSA) is 59.1 Å². The first kappa shape index (κ1) is 19.2. The normalized spacial score (nSPS) is 16.9. The van der Waals surface area contributed by atoms with Gasteiger partial charge in [-0.15, -0.1) is 0 Å². The number of nitrogens with zero attached hydrogens (tertiary/aromatic N) is 2. The number of ether oxygens (including phenoxy) is 1. The predicted molar refractivity (Wildman–Crippen MR) is 111 cm³/mol. The largest absolute Gasteiger partial charge is 0.496 e. The SMILES string of the molecule is COc1cc2ncnc(Nc3ccc(Cl)c(Cl)c3F)c2cc1C1CCCNC1. The van der Waals surface area contributed by atoms with Gasteiger partial charge in [0.05, 0.1) is 28.4 Å². The third-order valence-corrected chi connectivity index (χ3v) is 5.79. The summed E-state index contributed by atoms with van der Waals surface area (Å²) in [4.78, 5) is 8.66. The second kappa shape index (κ2) is 8.07. The Morgan fingerprint density at radius 3 is 2.86 bits per heavy atom. The van der Waals surface area contributed by atoms with Crippen molar-refractivity contribution in [1.82, 2.24) is 15.3 Å². The molecule has 1 aliphatic rings. The summed E-state index contributed by atoms with van der Waals surface area (Å²) >= 11 is 11.8. The maximum absolute atomic E-state index is 14.5. The van der Waals surface area contributed by atoms with Gasteiger partial charge >= 0.3 is 0 Å². The molecule has 1 atom stereocenters. The van der Waals surface area contributed by atoms with E-state index in [1.54, 1.807) is 13.2 Å². The zero-order chi connectivity index (χ0) is 19.7. The van der Waals surface area contributed by atoms with Crippen LogP contribution in [-0.4, -0.2) is 30.2 Å². The van der Waals surface area contributed by atoms with Crippen molar-refractivity contribution >= 4 is 45.6 Å². The molecule has 146 valence electrons. The number of hydrogen-bond donors (Lipinski definition) is 2. The molecule has 1 unspecified atom stereocenters. The summed E-state index contributed by atoms with van der Waals surface area (Å²) in [6.45, 7) is 1.92. The van der Waals surface area contributed by atoms with Crippen molar-refractivity contribution in [3.05, 3.63) is 52.0 Å². The number of fused-ring (bicyclic) bond motifs is 1. The first-order valence-electron chi connectivity index (χ1n) is 9.02. The predicted octanol–water partition coefficient (Wildman–Crippen LogP) is 5.29. The van der Waals surface area contributed by atoms with Gasteiger partial charge in [0.1, 0.15) is 17.9 Å². The van der Waals surface area contributed by atoms with Gasteiger partial charge in [-0.2, -0.15) is 0 Å². The van der Waals surface area contributed by atoms with Gasteiger partial charge in [-0.25, -0.2) is 14.4 Å². The Hall–Kier alpha value is -2.15. The van der Waals surface area contributed by atoms with Crippen LogP contribution in [0.3, 0.4) is 0 Å². The highest BCUT2D eigenvalue weighted by molar-refractivity contribution is 6.42. The fourth-order valence-corrected chi connectivity index (χ4v) is 3.87. The number of rotatable bonds is 4. The van der Waals surface area contributed by atoms with Crippen LogP contribution in [0.25, 0.3) is 10.9 Å². The van der Waals surface area contributed by atoms with Crippen molar-refractivity contribution in [1.29, 1.82) is 0 Å². The number of methoxy groups -OCH3 is 1. The van der Waals surface area contributed by atoms with E-state index in [1.165, 1.54) is 12.4 Å². The number of aromatic nitrogens is 2. The van der Waals surface area contributed by atoms with Crippen LogP contribution in [0.15, 0.2) is 30.6 Å². The van der Waals surface area contributed by atoms with E-state index >= 15 is 0 Å². The van der Waals surface area contributed by atoms with Crippen LogP contribution in [0.1, 0.15) is 24.3 Å². The van der Waals surface area contributed by atoms with E-state index in [1.807, 2.05) is 12.1 Å². The lowest BCUT2D eigenvalue weighted by molar-refractivity contribution is 0.393. The Morgan fingerprint density at radius 2 is 2.11 bits per heavy atom. The lowest BCUT2D eigenvalue weighted by Gasteiger charge is -2.25. The standard InChI is InChI=1S/C20H19Cl2FN4O/c1-28-17-8-16-13(7-12(17)11-3-2-6-24-9-11)20(26-10-25-16)27-15-5-4-14(21)18(22)19(15)23/h4-5,7-8,10-11,24H,2-3,6,9H2,1H3,(H,25,26,27). The molecule has 2 N–H and O–H groups in total. The summed E-state index contributed by atoms with van der Waals surface area (Å²) in [5, 5.41) is 7.28. The number of anilines is 2. The van der Waals surface area contributed by atoms with E-state index in [2.05, 4.69) is 20.6 Å². The maximum atomic E-state index is 14.5. The highest BCUT2D eigenvalue weighted by atomic mass is 35.5. The van der Waals surface area contributed by atoms with Gasteiger partial charge in [-0.3, -0.25) is 0 Å². The van der Waals surface area contributed by atoms with E-state index < -0.39 is 5.82 Å². The summed E-state index contributed by atoms with van der Waals surface area (Å²) in [7, 11) is 1.66. The van der Waals surface area contributed by atoms with E-state index in [9.17, 15) is 4.39 Å². The van der Waals surface area contributed by atoms with Crippen molar-refractivity contribution in [3.8, 4) is 5.75 Å². The summed E-state index contributed by atoms with van der Waals surface area (Å²) in [6, 6.07) is 7.01. The average molecular weight is 421 g/mol. The third kappa shape index (κ3) is 3.60. The molecule has 1 fully saturated rings. The number of halogens is 3. The second-order valence-electron chi connectivity index (χ2n) is 6.72. The molecular weight excluding hydrogens is 402 g/mol. The molecule has 0 bridgehead atoms. The van der Waals surface area contributed by atoms with Gasteiger partial charge in [0.25, 0.3) is 0 Å². The molecule has 1 aliphatic heterocycles. The highest BCUT2D eigenvalue weighted by Crippen LogP contribution is 2.37. The van der Waals surface area contributed by atoms with Crippen LogP contribution in [0, 0.1) is 5.82 Å². The first-order valence-corrected chi connectivity index (χ1v) is 9.78. The molecule has 8 heteroatoms. The molecule has 0 spiro atoms. The van der Waals surface area contributed by atoms with Gasteiger partial charge < -0.3 is 15.4 Å². The minimum Gasteiger partial charge on any atom is -0.496 e. The average Bonchev–Trinajstić information content (AvgIpc) is 2.74. The van der Waals surface area contributed by atoms with Gasteiger partial charge in [0.15, 0.2) is 5.82 Å². The van der Waals surface area contributed by atoms with Crippen LogP contribution < -0.4 is 15.4 Å². The molecule has 4 rings (SSSR count). The minimum atomic E-state index is -0.619. The lowest BCUT2D eigenvalue weighted by atomic mass is 9.90. The smallest absolute Gasteiger partial charge is 0.166 e. The minimum absolute atomic E-state index is 0.124.